The number of pyridine rings is 1. The maximum absolute atomic E-state index is 12.4. The first-order chi connectivity index (χ1) is 9.56. The summed E-state index contributed by atoms with van der Waals surface area (Å²) in [5.74, 6) is -1.75. The van der Waals surface area contributed by atoms with Gasteiger partial charge in [0.2, 0.25) is 5.91 Å². The molecule has 1 fully saturated rings. The minimum Gasteiger partial charge on any atom is -0.481 e. The standard InChI is InChI=1S/C15H16N2O3/c1-8-4-5-16-11(6-8)17-14(18)12-9-2-3-10(7-9)13(12)15(19)20/h2-6,9-10,12-13H,7H2,1H3,(H,19,20)(H,16,17,18)/t9-,10+,12-,13+/m1/s1. The van der Waals surface area contributed by atoms with E-state index >= 15 is 0 Å². The van der Waals surface area contributed by atoms with Crippen molar-refractivity contribution < 1.29 is 14.7 Å². The van der Waals surface area contributed by atoms with Gasteiger partial charge in [-0.25, -0.2) is 4.98 Å². The first kappa shape index (κ1) is 12.8. The number of anilines is 1. The number of amides is 1. The van der Waals surface area contributed by atoms with Crippen LogP contribution in [0.15, 0.2) is 30.5 Å². The third kappa shape index (κ3) is 2.09. The molecular formula is C15H16N2O3. The van der Waals surface area contributed by atoms with E-state index < -0.39 is 17.8 Å². The largest absolute Gasteiger partial charge is 0.481 e. The topological polar surface area (TPSA) is 79.3 Å². The molecule has 0 spiro atoms. The van der Waals surface area contributed by atoms with Crippen LogP contribution in [0.2, 0.25) is 0 Å². The van der Waals surface area contributed by atoms with E-state index in [9.17, 15) is 14.7 Å². The first-order valence-corrected chi connectivity index (χ1v) is 6.71. The average Bonchev–Trinajstić information content (AvgIpc) is 2.98. The van der Waals surface area contributed by atoms with Crippen molar-refractivity contribution in [3.8, 4) is 0 Å². The number of rotatable bonds is 3. The van der Waals surface area contributed by atoms with Crippen LogP contribution in [-0.2, 0) is 9.59 Å². The number of carboxylic acid groups (broad SMARTS) is 1. The van der Waals surface area contributed by atoms with Gasteiger partial charge in [0.15, 0.2) is 0 Å². The Kier molecular flexibility index (Phi) is 3.04. The molecule has 3 rings (SSSR count). The molecule has 1 amide bonds. The Morgan fingerprint density at radius 2 is 2.00 bits per heavy atom. The van der Waals surface area contributed by atoms with E-state index in [0.29, 0.717) is 5.82 Å². The third-order valence-corrected chi connectivity index (χ3v) is 4.21. The second-order valence-corrected chi connectivity index (χ2v) is 5.55. The Hall–Kier alpha value is -2.17. The Morgan fingerprint density at radius 3 is 2.65 bits per heavy atom. The fourth-order valence-electron chi connectivity index (χ4n) is 3.33. The summed E-state index contributed by atoms with van der Waals surface area (Å²) in [7, 11) is 0. The van der Waals surface area contributed by atoms with E-state index in [4.69, 9.17) is 0 Å². The molecule has 0 aliphatic heterocycles. The Bertz CT molecular complexity index is 597. The van der Waals surface area contributed by atoms with Crippen molar-refractivity contribution >= 4 is 17.7 Å². The molecular weight excluding hydrogens is 256 g/mol. The van der Waals surface area contributed by atoms with Crippen molar-refractivity contribution in [3.05, 3.63) is 36.0 Å². The highest BCUT2D eigenvalue weighted by atomic mass is 16.4. The van der Waals surface area contributed by atoms with Crippen LogP contribution >= 0.6 is 0 Å². The minimum atomic E-state index is -0.890. The molecule has 0 aromatic carbocycles. The number of hydrogen-bond acceptors (Lipinski definition) is 3. The van der Waals surface area contributed by atoms with Crippen molar-refractivity contribution in [1.82, 2.24) is 4.98 Å². The number of nitrogens with zero attached hydrogens (tertiary/aromatic N) is 1. The molecule has 1 aromatic heterocycles. The van der Waals surface area contributed by atoms with Gasteiger partial charge in [0.25, 0.3) is 0 Å². The molecule has 2 aliphatic carbocycles. The molecule has 2 aliphatic rings. The number of aryl methyl sites for hydroxylation is 1. The number of fused-ring (bicyclic) bond motifs is 2. The molecule has 5 nitrogen and oxygen atoms in total. The molecule has 20 heavy (non-hydrogen) atoms. The van der Waals surface area contributed by atoms with E-state index in [1.54, 1.807) is 12.3 Å². The zero-order valence-electron chi connectivity index (χ0n) is 11.1. The van der Waals surface area contributed by atoms with Crippen LogP contribution in [0.3, 0.4) is 0 Å². The van der Waals surface area contributed by atoms with Crippen molar-refractivity contribution in [2.45, 2.75) is 13.3 Å². The van der Waals surface area contributed by atoms with Gasteiger partial charge in [0, 0.05) is 6.20 Å². The van der Waals surface area contributed by atoms with Gasteiger partial charge in [-0.15, -0.1) is 0 Å². The highest BCUT2D eigenvalue weighted by Gasteiger charge is 2.51. The number of allylic oxidation sites excluding steroid dienone is 2. The number of carbonyl (C=O) groups excluding carboxylic acids is 1. The minimum absolute atomic E-state index is 0.0151. The molecule has 2 N–H and O–H groups in total. The summed E-state index contributed by atoms with van der Waals surface area (Å²) in [6, 6.07) is 3.62. The number of aromatic nitrogens is 1. The van der Waals surface area contributed by atoms with E-state index in [1.807, 2.05) is 25.1 Å². The monoisotopic (exact) mass is 272 g/mol. The van der Waals surface area contributed by atoms with Crippen molar-refractivity contribution in [1.29, 1.82) is 0 Å². The fourth-order valence-corrected chi connectivity index (χ4v) is 3.33. The molecule has 0 radical (unpaired) electrons. The number of carbonyl (C=O) groups is 2. The highest BCUT2D eigenvalue weighted by molar-refractivity contribution is 5.95. The molecule has 2 bridgehead atoms. The van der Waals surface area contributed by atoms with Crippen molar-refractivity contribution in [3.63, 3.8) is 0 Å². The summed E-state index contributed by atoms with van der Waals surface area (Å²) < 4.78 is 0. The molecule has 1 heterocycles. The van der Waals surface area contributed by atoms with E-state index in [1.165, 1.54) is 0 Å². The summed E-state index contributed by atoms with van der Waals surface area (Å²) in [5.41, 5.74) is 0.998. The van der Waals surface area contributed by atoms with Crippen LogP contribution in [0.4, 0.5) is 5.82 Å². The maximum Gasteiger partial charge on any atom is 0.307 e. The Morgan fingerprint density at radius 1 is 1.30 bits per heavy atom. The van der Waals surface area contributed by atoms with Crippen LogP contribution < -0.4 is 5.32 Å². The molecule has 104 valence electrons. The smallest absolute Gasteiger partial charge is 0.307 e. The Labute approximate surface area is 116 Å². The van der Waals surface area contributed by atoms with Crippen LogP contribution in [0, 0.1) is 30.6 Å². The summed E-state index contributed by atoms with van der Waals surface area (Å²) in [6.45, 7) is 1.91. The van der Waals surface area contributed by atoms with Gasteiger partial charge in [-0.3, -0.25) is 9.59 Å². The van der Waals surface area contributed by atoms with Gasteiger partial charge in [0.1, 0.15) is 5.82 Å². The first-order valence-electron chi connectivity index (χ1n) is 6.71. The predicted molar refractivity (Wildman–Crippen MR) is 73.0 cm³/mol. The van der Waals surface area contributed by atoms with Gasteiger partial charge in [0.05, 0.1) is 11.8 Å². The lowest BCUT2D eigenvalue weighted by Crippen LogP contribution is -2.36. The van der Waals surface area contributed by atoms with E-state index in [2.05, 4.69) is 10.3 Å². The van der Waals surface area contributed by atoms with Gasteiger partial charge in [-0.2, -0.15) is 0 Å². The highest BCUT2D eigenvalue weighted by Crippen LogP contribution is 2.48. The summed E-state index contributed by atoms with van der Waals surface area (Å²) in [4.78, 5) is 27.9. The maximum atomic E-state index is 12.4. The Balaban J connectivity index is 1.80. The quantitative estimate of drug-likeness (QED) is 0.823. The lowest BCUT2D eigenvalue weighted by molar-refractivity contribution is -0.146. The van der Waals surface area contributed by atoms with Crippen LogP contribution in [0.5, 0.6) is 0 Å². The molecule has 4 atom stereocenters. The van der Waals surface area contributed by atoms with Gasteiger partial charge < -0.3 is 10.4 Å². The summed E-state index contributed by atoms with van der Waals surface area (Å²) >= 11 is 0. The van der Waals surface area contributed by atoms with Crippen LogP contribution in [0.1, 0.15) is 12.0 Å². The zero-order chi connectivity index (χ0) is 14.3. The van der Waals surface area contributed by atoms with Crippen LogP contribution in [0.25, 0.3) is 0 Å². The van der Waals surface area contributed by atoms with Gasteiger partial charge in [-0.1, -0.05) is 12.2 Å². The zero-order valence-corrected chi connectivity index (χ0v) is 11.1. The SMILES string of the molecule is Cc1ccnc(NC(=O)[C@H]2[C@@H](C(=O)O)[C@H]3C=C[C@@H]2C3)c1. The van der Waals surface area contributed by atoms with E-state index in [0.717, 1.165) is 12.0 Å². The second kappa shape index (κ2) is 4.74. The number of aliphatic carboxylic acids is 1. The van der Waals surface area contributed by atoms with Crippen LogP contribution in [-0.4, -0.2) is 22.0 Å². The van der Waals surface area contributed by atoms with Crippen molar-refractivity contribution in [2.75, 3.05) is 5.32 Å². The molecule has 0 saturated heterocycles. The average molecular weight is 272 g/mol. The molecule has 1 saturated carbocycles. The number of hydrogen-bond donors (Lipinski definition) is 2. The molecule has 5 heteroatoms. The lowest BCUT2D eigenvalue weighted by Gasteiger charge is -2.23. The van der Waals surface area contributed by atoms with E-state index in [-0.39, 0.29) is 17.7 Å². The van der Waals surface area contributed by atoms with Gasteiger partial charge >= 0.3 is 5.97 Å². The normalized spacial score (nSPS) is 30.4. The fraction of sp³-hybridized carbons (Fsp3) is 0.400. The number of carboxylic acids is 1. The summed E-state index contributed by atoms with van der Waals surface area (Å²) in [6.07, 6.45) is 6.28. The lowest BCUT2D eigenvalue weighted by atomic mass is 9.82. The summed E-state index contributed by atoms with van der Waals surface area (Å²) in [5, 5.41) is 12.1. The third-order valence-electron chi connectivity index (χ3n) is 4.21. The predicted octanol–water partition coefficient (Wildman–Crippen LogP) is 1.85. The van der Waals surface area contributed by atoms with Gasteiger partial charge in [-0.05, 0) is 42.9 Å². The second-order valence-electron chi connectivity index (χ2n) is 5.55. The number of nitrogens with one attached hydrogen (secondary N) is 1. The molecule has 0 unspecified atom stereocenters. The molecule has 1 aromatic rings. The van der Waals surface area contributed by atoms with Crippen molar-refractivity contribution in [2.24, 2.45) is 23.7 Å².